The molecule has 2 aliphatic carbocycles. The second-order valence-corrected chi connectivity index (χ2v) is 4.25. The second kappa shape index (κ2) is 2.19. The van der Waals surface area contributed by atoms with Gasteiger partial charge in [-0.15, -0.1) is 0 Å². The van der Waals surface area contributed by atoms with Gasteiger partial charge in [0.25, 0.3) is 5.92 Å². The van der Waals surface area contributed by atoms with Gasteiger partial charge in [-0.2, -0.15) is 0 Å². The van der Waals surface area contributed by atoms with Crippen molar-refractivity contribution in [1.29, 1.82) is 0 Å². The molecule has 2 unspecified atom stereocenters. The normalized spacial score (nSPS) is 46.5. The SMILES string of the molecule is C[C@H](N)C12CCCCC1C2(F)F. The Hall–Kier alpha value is -0.180. The zero-order chi connectivity index (χ0) is 8.98. The Morgan fingerprint density at radius 3 is 2.50 bits per heavy atom. The standard InChI is InChI=1S/C9H15F2N/c1-6(12)8-5-3-2-4-7(8)9(8,10)11/h6-7H,2-5,12H2,1H3/t6-,7?,8?/m0/s1. The van der Waals surface area contributed by atoms with E-state index in [1.807, 2.05) is 0 Å². The average Bonchev–Trinajstić information content (AvgIpc) is 2.52. The Balaban J connectivity index is 2.24. The van der Waals surface area contributed by atoms with Gasteiger partial charge >= 0.3 is 0 Å². The highest BCUT2D eigenvalue weighted by molar-refractivity contribution is 5.22. The highest BCUT2D eigenvalue weighted by atomic mass is 19.3. The molecule has 0 radical (unpaired) electrons. The summed E-state index contributed by atoms with van der Waals surface area (Å²) in [5.74, 6) is -2.86. The van der Waals surface area contributed by atoms with E-state index in [9.17, 15) is 8.78 Å². The fraction of sp³-hybridized carbons (Fsp3) is 1.00. The van der Waals surface area contributed by atoms with Gasteiger partial charge in [0.15, 0.2) is 0 Å². The lowest BCUT2D eigenvalue weighted by molar-refractivity contribution is 0.0493. The summed E-state index contributed by atoms with van der Waals surface area (Å²) in [7, 11) is 0. The van der Waals surface area contributed by atoms with E-state index in [-0.39, 0.29) is 6.04 Å². The van der Waals surface area contributed by atoms with Crippen LogP contribution in [-0.4, -0.2) is 12.0 Å². The minimum atomic E-state index is -2.46. The number of hydrogen-bond acceptors (Lipinski definition) is 1. The zero-order valence-corrected chi connectivity index (χ0v) is 7.32. The van der Waals surface area contributed by atoms with Crippen LogP contribution < -0.4 is 5.73 Å². The van der Waals surface area contributed by atoms with Crippen LogP contribution >= 0.6 is 0 Å². The van der Waals surface area contributed by atoms with Crippen molar-refractivity contribution in [1.82, 2.24) is 0 Å². The van der Waals surface area contributed by atoms with Crippen LogP contribution in [0.25, 0.3) is 0 Å². The quantitative estimate of drug-likeness (QED) is 0.649. The van der Waals surface area contributed by atoms with Gasteiger partial charge in [-0.1, -0.05) is 12.8 Å². The van der Waals surface area contributed by atoms with Crippen LogP contribution in [0.15, 0.2) is 0 Å². The molecule has 0 bridgehead atoms. The molecular weight excluding hydrogens is 160 g/mol. The molecule has 0 heterocycles. The molecule has 12 heavy (non-hydrogen) atoms. The van der Waals surface area contributed by atoms with E-state index < -0.39 is 17.3 Å². The largest absolute Gasteiger partial charge is 0.327 e. The maximum atomic E-state index is 13.3. The molecule has 2 aliphatic rings. The summed E-state index contributed by atoms with van der Waals surface area (Å²) in [6.45, 7) is 1.72. The van der Waals surface area contributed by atoms with Crippen LogP contribution in [-0.2, 0) is 0 Å². The number of rotatable bonds is 1. The van der Waals surface area contributed by atoms with Gasteiger partial charge in [-0.25, -0.2) is 8.78 Å². The molecule has 0 spiro atoms. The van der Waals surface area contributed by atoms with E-state index >= 15 is 0 Å². The molecule has 2 rings (SSSR count). The number of halogens is 2. The van der Waals surface area contributed by atoms with Crippen LogP contribution in [0.5, 0.6) is 0 Å². The lowest BCUT2D eigenvalue weighted by atomic mass is 9.83. The first-order valence-electron chi connectivity index (χ1n) is 4.67. The van der Waals surface area contributed by atoms with E-state index in [0.717, 1.165) is 12.8 Å². The average molecular weight is 175 g/mol. The van der Waals surface area contributed by atoms with Gasteiger partial charge < -0.3 is 5.73 Å². The van der Waals surface area contributed by atoms with E-state index in [1.165, 1.54) is 0 Å². The molecule has 0 aromatic rings. The zero-order valence-electron chi connectivity index (χ0n) is 7.32. The lowest BCUT2D eigenvalue weighted by Crippen LogP contribution is -2.34. The highest BCUT2D eigenvalue weighted by Gasteiger charge is 2.81. The van der Waals surface area contributed by atoms with Gasteiger partial charge in [0.05, 0.1) is 5.41 Å². The third kappa shape index (κ3) is 0.709. The summed E-state index contributed by atoms with van der Waals surface area (Å²) in [5.41, 5.74) is 4.82. The van der Waals surface area contributed by atoms with Crippen molar-refractivity contribution in [3.05, 3.63) is 0 Å². The topological polar surface area (TPSA) is 26.0 Å². The summed E-state index contributed by atoms with van der Waals surface area (Å²) in [5, 5.41) is 0. The van der Waals surface area contributed by atoms with Gasteiger partial charge in [0.2, 0.25) is 0 Å². The Kier molecular flexibility index (Phi) is 1.54. The molecule has 2 N–H and O–H groups in total. The van der Waals surface area contributed by atoms with E-state index in [4.69, 9.17) is 5.73 Å². The maximum absolute atomic E-state index is 13.3. The van der Waals surface area contributed by atoms with Crippen LogP contribution in [0.1, 0.15) is 32.6 Å². The van der Waals surface area contributed by atoms with Gasteiger partial charge in [-0.3, -0.25) is 0 Å². The van der Waals surface area contributed by atoms with Crippen molar-refractivity contribution in [3.63, 3.8) is 0 Å². The highest BCUT2D eigenvalue weighted by Crippen LogP contribution is 2.73. The predicted octanol–water partition coefficient (Wildman–Crippen LogP) is 2.16. The first-order valence-corrected chi connectivity index (χ1v) is 4.67. The van der Waals surface area contributed by atoms with Gasteiger partial charge in [-0.05, 0) is 19.8 Å². The second-order valence-electron chi connectivity index (χ2n) is 4.25. The Morgan fingerprint density at radius 2 is 2.08 bits per heavy atom. The minimum Gasteiger partial charge on any atom is -0.327 e. The number of fused-ring (bicyclic) bond motifs is 1. The molecule has 3 heteroatoms. The van der Waals surface area contributed by atoms with Gasteiger partial charge in [0.1, 0.15) is 0 Å². The van der Waals surface area contributed by atoms with Crippen molar-refractivity contribution >= 4 is 0 Å². The number of nitrogens with two attached hydrogens (primary N) is 1. The molecule has 0 saturated heterocycles. The summed E-state index contributed by atoms with van der Waals surface area (Å²) < 4.78 is 26.7. The first kappa shape index (κ1) is 8.42. The molecule has 0 aromatic heterocycles. The van der Waals surface area contributed by atoms with Crippen molar-refractivity contribution < 1.29 is 8.78 Å². The lowest BCUT2D eigenvalue weighted by Gasteiger charge is -2.23. The van der Waals surface area contributed by atoms with Gasteiger partial charge in [0, 0.05) is 12.0 Å². The van der Waals surface area contributed by atoms with E-state index in [2.05, 4.69) is 0 Å². The molecule has 0 aliphatic heterocycles. The Morgan fingerprint density at radius 1 is 1.42 bits per heavy atom. The molecule has 3 atom stereocenters. The monoisotopic (exact) mass is 175 g/mol. The third-order valence-electron chi connectivity index (χ3n) is 3.74. The fourth-order valence-electron chi connectivity index (χ4n) is 2.95. The number of alkyl halides is 2. The minimum absolute atomic E-state index is 0.349. The Bertz CT molecular complexity index is 203. The van der Waals surface area contributed by atoms with Crippen molar-refractivity contribution in [3.8, 4) is 0 Å². The smallest absolute Gasteiger partial charge is 0.259 e. The predicted molar refractivity (Wildman–Crippen MR) is 43.0 cm³/mol. The summed E-state index contributed by atoms with van der Waals surface area (Å²) in [6.07, 6.45) is 3.18. The van der Waals surface area contributed by atoms with E-state index in [0.29, 0.717) is 12.8 Å². The van der Waals surface area contributed by atoms with Crippen LogP contribution in [0.4, 0.5) is 8.78 Å². The molecule has 2 saturated carbocycles. The van der Waals surface area contributed by atoms with E-state index in [1.54, 1.807) is 6.92 Å². The number of hydrogen-bond donors (Lipinski definition) is 1. The first-order chi connectivity index (χ1) is 5.53. The van der Waals surface area contributed by atoms with Crippen LogP contribution in [0, 0.1) is 11.3 Å². The molecular formula is C9H15F2N. The summed E-state index contributed by atoms with van der Waals surface area (Å²) in [6, 6.07) is -0.349. The van der Waals surface area contributed by atoms with Crippen molar-refractivity contribution in [2.24, 2.45) is 17.1 Å². The van der Waals surface area contributed by atoms with Crippen LogP contribution in [0.2, 0.25) is 0 Å². The molecule has 1 nitrogen and oxygen atoms in total. The molecule has 0 aromatic carbocycles. The third-order valence-corrected chi connectivity index (χ3v) is 3.74. The van der Waals surface area contributed by atoms with Crippen molar-refractivity contribution in [2.75, 3.05) is 0 Å². The summed E-state index contributed by atoms with van der Waals surface area (Å²) >= 11 is 0. The maximum Gasteiger partial charge on any atom is 0.259 e. The van der Waals surface area contributed by atoms with Crippen molar-refractivity contribution in [2.45, 2.75) is 44.6 Å². The Labute approximate surface area is 71.3 Å². The van der Waals surface area contributed by atoms with Crippen LogP contribution in [0.3, 0.4) is 0 Å². The molecule has 0 amide bonds. The fourth-order valence-corrected chi connectivity index (χ4v) is 2.95. The molecule has 2 fully saturated rings. The summed E-state index contributed by atoms with van der Waals surface area (Å²) in [4.78, 5) is 0. The molecule has 70 valence electrons.